The quantitative estimate of drug-likeness (QED) is 0.697. The third-order valence-electron chi connectivity index (χ3n) is 2.89. The molecule has 5 heteroatoms. The maximum atomic E-state index is 9.90. The number of methoxy groups -OCH3 is 1. The molecule has 0 saturated heterocycles. The van der Waals surface area contributed by atoms with Crippen LogP contribution in [-0.4, -0.2) is 44.1 Å². The van der Waals surface area contributed by atoms with E-state index in [0.717, 1.165) is 12.8 Å². The van der Waals surface area contributed by atoms with Crippen LogP contribution >= 0.6 is 11.6 Å². The highest BCUT2D eigenvalue weighted by atomic mass is 35.5. The van der Waals surface area contributed by atoms with Crippen LogP contribution in [-0.2, 0) is 4.74 Å². The first-order chi connectivity index (χ1) is 9.65. The minimum absolute atomic E-state index is 0.235. The third kappa shape index (κ3) is 7.10. The van der Waals surface area contributed by atoms with Crippen LogP contribution in [0.2, 0.25) is 5.02 Å². The molecule has 0 radical (unpaired) electrons. The Bertz CT molecular complexity index is 370. The molecule has 0 aliphatic rings. The first kappa shape index (κ1) is 17.2. The highest BCUT2D eigenvalue weighted by molar-refractivity contribution is 6.30. The Morgan fingerprint density at radius 2 is 2.15 bits per heavy atom. The van der Waals surface area contributed by atoms with Gasteiger partial charge in [-0.25, -0.2) is 0 Å². The molecule has 2 atom stereocenters. The van der Waals surface area contributed by atoms with Crippen LogP contribution in [0.25, 0.3) is 0 Å². The minimum atomic E-state index is -0.565. The van der Waals surface area contributed by atoms with Crippen LogP contribution in [0.15, 0.2) is 24.3 Å². The summed E-state index contributed by atoms with van der Waals surface area (Å²) in [6.45, 7) is 3.49. The molecule has 0 fully saturated rings. The van der Waals surface area contributed by atoms with E-state index in [2.05, 4.69) is 12.2 Å². The number of rotatable bonds is 10. The highest BCUT2D eigenvalue weighted by Crippen LogP contribution is 2.17. The van der Waals surface area contributed by atoms with Gasteiger partial charge in [0.2, 0.25) is 0 Å². The molecule has 1 rings (SSSR count). The van der Waals surface area contributed by atoms with Gasteiger partial charge < -0.3 is 19.9 Å². The first-order valence-corrected chi connectivity index (χ1v) is 7.32. The summed E-state index contributed by atoms with van der Waals surface area (Å²) in [4.78, 5) is 0. The largest absolute Gasteiger partial charge is 0.491 e. The SMILES string of the molecule is CCCC(COC)NCC(O)COc1cccc(Cl)c1. The van der Waals surface area contributed by atoms with E-state index in [1.165, 1.54) is 0 Å². The monoisotopic (exact) mass is 301 g/mol. The van der Waals surface area contributed by atoms with Gasteiger partial charge in [0.15, 0.2) is 0 Å². The van der Waals surface area contributed by atoms with Crippen molar-refractivity contribution in [3.05, 3.63) is 29.3 Å². The smallest absolute Gasteiger partial charge is 0.120 e. The molecule has 0 bridgehead atoms. The second kappa shape index (κ2) is 10.00. The molecule has 0 heterocycles. The summed E-state index contributed by atoms with van der Waals surface area (Å²) in [5, 5.41) is 13.8. The lowest BCUT2D eigenvalue weighted by Crippen LogP contribution is -2.40. The lowest BCUT2D eigenvalue weighted by atomic mass is 10.2. The second-order valence-corrected chi connectivity index (χ2v) is 5.21. The maximum Gasteiger partial charge on any atom is 0.120 e. The summed E-state index contributed by atoms with van der Waals surface area (Å²) < 4.78 is 10.6. The minimum Gasteiger partial charge on any atom is -0.491 e. The Morgan fingerprint density at radius 1 is 1.35 bits per heavy atom. The van der Waals surface area contributed by atoms with E-state index in [0.29, 0.717) is 23.9 Å². The van der Waals surface area contributed by atoms with E-state index >= 15 is 0 Å². The molecule has 1 aromatic rings. The zero-order chi connectivity index (χ0) is 14.8. The molecular weight excluding hydrogens is 278 g/mol. The molecule has 0 aromatic heterocycles. The average Bonchev–Trinajstić information content (AvgIpc) is 2.43. The van der Waals surface area contributed by atoms with Gasteiger partial charge in [-0.1, -0.05) is 31.0 Å². The van der Waals surface area contributed by atoms with Gasteiger partial charge >= 0.3 is 0 Å². The van der Waals surface area contributed by atoms with E-state index < -0.39 is 6.10 Å². The van der Waals surface area contributed by atoms with Crippen LogP contribution in [0.5, 0.6) is 5.75 Å². The zero-order valence-corrected chi connectivity index (χ0v) is 12.9. The van der Waals surface area contributed by atoms with Crippen molar-refractivity contribution in [1.29, 1.82) is 0 Å². The highest BCUT2D eigenvalue weighted by Gasteiger charge is 2.11. The fourth-order valence-electron chi connectivity index (χ4n) is 1.90. The molecule has 2 unspecified atom stereocenters. The lowest BCUT2D eigenvalue weighted by Gasteiger charge is -2.20. The van der Waals surface area contributed by atoms with Gasteiger partial charge in [0.1, 0.15) is 18.5 Å². The average molecular weight is 302 g/mol. The zero-order valence-electron chi connectivity index (χ0n) is 12.1. The van der Waals surface area contributed by atoms with Crippen molar-refractivity contribution in [1.82, 2.24) is 5.32 Å². The van der Waals surface area contributed by atoms with Crippen LogP contribution < -0.4 is 10.1 Å². The number of hydrogen-bond donors (Lipinski definition) is 2. The summed E-state index contributed by atoms with van der Waals surface area (Å²) in [5.74, 6) is 0.665. The van der Waals surface area contributed by atoms with E-state index in [1.807, 2.05) is 12.1 Å². The van der Waals surface area contributed by atoms with Gasteiger partial charge in [-0.2, -0.15) is 0 Å². The predicted octanol–water partition coefficient (Wildman–Crippen LogP) is 2.48. The van der Waals surface area contributed by atoms with Gasteiger partial charge in [-0.15, -0.1) is 0 Å². The van der Waals surface area contributed by atoms with Crippen molar-refractivity contribution in [2.75, 3.05) is 26.9 Å². The van der Waals surface area contributed by atoms with E-state index in [9.17, 15) is 5.11 Å². The number of aliphatic hydroxyl groups excluding tert-OH is 1. The Labute approximate surface area is 126 Å². The molecular formula is C15H24ClNO3. The Morgan fingerprint density at radius 3 is 2.80 bits per heavy atom. The molecule has 20 heavy (non-hydrogen) atoms. The van der Waals surface area contributed by atoms with Crippen molar-refractivity contribution in [2.45, 2.75) is 31.9 Å². The maximum absolute atomic E-state index is 9.90. The molecule has 0 aliphatic heterocycles. The van der Waals surface area contributed by atoms with Crippen molar-refractivity contribution >= 4 is 11.6 Å². The van der Waals surface area contributed by atoms with Gasteiger partial charge in [0.05, 0.1) is 6.61 Å². The lowest BCUT2D eigenvalue weighted by molar-refractivity contribution is 0.0946. The summed E-state index contributed by atoms with van der Waals surface area (Å²) in [7, 11) is 1.68. The second-order valence-electron chi connectivity index (χ2n) is 4.77. The Hall–Kier alpha value is -0.810. The molecule has 0 aliphatic carbocycles. The summed E-state index contributed by atoms with van der Waals surface area (Å²) in [6, 6.07) is 7.42. The number of nitrogens with one attached hydrogen (secondary N) is 1. The van der Waals surface area contributed by atoms with Crippen LogP contribution in [0.3, 0.4) is 0 Å². The number of halogens is 1. The van der Waals surface area contributed by atoms with Crippen LogP contribution in [0.1, 0.15) is 19.8 Å². The van der Waals surface area contributed by atoms with Crippen LogP contribution in [0, 0.1) is 0 Å². The molecule has 4 nitrogen and oxygen atoms in total. The van der Waals surface area contributed by atoms with Crippen molar-refractivity contribution < 1.29 is 14.6 Å². The topological polar surface area (TPSA) is 50.7 Å². The van der Waals surface area contributed by atoms with Gasteiger partial charge in [0.25, 0.3) is 0 Å². The van der Waals surface area contributed by atoms with E-state index in [4.69, 9.17) is 21.1 Å². The van der Waals surface area contributed by atoms with Crippen LogP contribution in [0.4, 0.5) is 0 Å². The van der Waals surface area contributed by atoms with E-state index in [-0.39, 0.29) is 12.6 Å². The molecule has 0 amide bonds. The summed E-state index contributed by atoms with van der Waals surface area (Å²) >= 11 is 5.86. The van der Waals surface area contributed by atoms with Gasteiger partial charge in [-0.3, -0.25) is 0 Å². The third-order valence-corrected chi connectivity index (χ3v) is 3.12. The molecule has 2 N–H and O–H groups in total. The van der Waals surface area contributed by atoms with Gasteiger partial charge in [0, 0.05) is 24.7 Å². The summed E-state index contributed by atoms with van der Waals surface area (Å²) in [5.41, 5.74) is 0. The fourth-order valence-corrected chi connectivity index (χ4v) is 2.09. The first-order valence-electron chi connectivity index (χ1n) is 6.94. The molecule has 114 valence electrons. The van der Waals surface area contributed by atoms with Crippen molar-refractivity contribution in [2.24, 2.45) is 0 Å². The number of ether oxygens (including phenoxy) is 2. The Balaban J connectivity index is 2.27. The number of hydrogen-bond acceptors (Lipinski definition) is 4. The molecule has 0 spiro atoms. The van der Waals surface area contributed by atoms with Crippen molar-refractivity contribution in [3.8, 4) is 5.75 Å². The van der Waals surface area contributed by atoms with E-state index in [1.54, 1.807) is 19.2 Å². The summed E-state index contributed by atoms with van der Waals surface area (Å²) in [6.07, 6.45) is 1.54. The molecule has 0 saturated carbocycles. The number of aliphatic hydroxyl groups is 1. The fraction of sp³-hybridized carbons (Fsp3) is 0.600. The molecule has 1 aromatic carbocycles. The normalized spacial score (nSPS) is 14.0. The van der Waals surface area contributed by atoms with Crippen molar-refractivity contribution in [3.63, 3.8) is 0 Å². The van der Waals surface area contributed by atoms with Gasteiger partial charge in [-0.05, 0) is 24.6 Å². The predicted molar refractivity (Wildman–Crippen MR) is 81.5 cm³/mol. The Kier molecular flexibility index (Phi) is 8.62. The number of benzene rings is 1. The standard InChI is InChI=1S/C15H24ClNO3/c1-3-5-13(10-19-2)17-9-14(18)11-20-15-7-4-6-12(16)8-15/h4,6-8,13-14,17-18H,3,5,9-11H2,1-2H3.